The first-order valence-electron chi connectivity index (χ1n) is 9.92. The van der Waals surface area contributed by atoms with Gasteiger partial charge >= 0.3 is 0 Å². The van der Waals surface area contributed by atoms with Crippen LogP contribution in [-0.2, 0) is 12.2 Å². The van der Waals surface area contributed by atoms with Crippen molar-refractivity contribution < 1.29 is 0 Å². The van der Waals surface area contributed by atoms with E-state index < -0.39 is 0 Å². The number of benzene rings is 3. The molecule has 0 aliphatic rings. The highest BCUT2D eigenvalue weighted by Gasteiger charge is 2.17. The summed E-state index contributed by atoms with van der Waals surface area (Å²) in [6, 6.07) is 27.7. The maximum atomic E-state index is 12.6. The van der Waals surface area contributed by atoms with Crippen molar-refractivity contribution in [2.45, 2.75) is 17.3 Å². The first kappa shape index (κ1) is 19.3. The van der Waals surface area contributed by atoms with Crippen molar-refractivity contribution >= 4 is 22.8 Å². The van der Waals surface area contributed by atoms with Crippen molar-refractivity contribution in [2.75, 3.05) is 0 Å². The molecular weight excluding hydrogens is 406 g/mol. The molecule has 0 unspecified atom stereocenters. The average Bonchev–Trinajstić information content (AvgIpc) is 3.22. The zero-order valence-corrected chi connectivity index (χ0v) is 17.4. The van der Waals surface area contributed by atoms with Crippen LogP contribution in [0.25, 0.3) is 16.7 Å². The van der Waals surface area contributed by atoms with Crippen LogP contribution in [0, 0.1) is 0 Å². The molecule has 0 fully saturated rings. The van der Waals surface area contributed by atoms with E-state index in [1.807, 2.05) is 77.4 Å². The Morgan fingerprint density at radius 3 is 2.35 bits per heavy atom. The third-order valence-corrected chi connectivity index (χ3v) is 5.92. The summed E-state index contributed by atoms with van der Waals surface area (Å²) in [6.07, 6.45) is 0.286. The monoisotopic (exact) mass is 425 g/mol. The van der Waals surface area contributed by atoms with Gasteiger partial charge in [0.2, 0.25) is 0 Å². The lowest BCUT2D eigenvalue weighted by Gasteiger charge is -2.10. The van der Waals surface area contributed by atoms with Crippen LogP contribution in [-0.4, -0.2) is 24.7 Å². The van der Waals surface area contributed by atoms with Crippen LogP contribution in [0.15, 0.2) is 94.9 Å². The molecule has 5 rings (SSSR count). The molecule has 0 amide bonds. The SMILES string of the molecule is O=c1[nH]c2ccccc2nc1Cc1nnc(SCc2ccccc2)n1-c1ccccc1. The largest absolute Gasteiger partial charge is 0.319 e. The van der Waals surface area contributed by atoms with E-state index in [-0.39, 0.29) is 12.0 Å². The minimum absolute atomic E-state index is 0.209. The van der Waals surface area contributed by atoms with Crippen molar-refractivity contribution in [3.8, 4) is 5.69 Å². The summed E-state index contributed by atoms with van der Waals surface area (Å²) in [7, 11) is 0. The predicted octanol–water partition coefficient (Wildman–Crippen LogP) is 4.39. The van der Waals surface area contributed by atoms with Crippen LogP contribution in [0.4, 0.5) is 0 Å². The lowest BCUT2D eigenvalue weighted by Crippen LogP contribution is -2.17. The van der Waals surface area contributed by atoms with Gasteiger partial charge in [0.25, 0.3) is 5.56 Å². The number of thioether (sulfide) groups is 1. The summed E-state index contributed by atoms with van der Waals surface area (Å²) in [4.78, 5) is 20.1. The zero-order valence-electron chi connectivity index (χ0n) is 16.6. The van der Waals surface area contributed by atoms with Gasteiger partial charge in [-0.05, 0) is 29.8 Å². The fourth-order valence-electron chi connectivity index (χ4n) is 3.40. The van der Waals surface area contributed by atoms with Crippen molar-refractivity contribution in [1.29, 1.82) is 0 Å². The minimum atomic E-state index is -0.209. The Bertz CT molecular complexity index is 1380. The van der Waals surface area contributed by atoms with Gasteiger partial charge in [-0.25, -0.2) is 4.98 Å². The molecule has 3 aromatic carbocycles. The van der Waals surface area contributed by atoms with Gasteiger partial charge in [-0.1, -0.05) is 72.4 Å². The second-order valence-electron chi connectivity index (χ2n) is 7.05. The van der Waals surface area contributed by atoms with Crippen LogP contribution in [0.3, 0.4) is 0 Å². The van der Waals surface area contributed by atoms with Gasteiger partial charge in [0.05, 0.1) is 17.5 Å². The smallest absolute Gasteiger partial charge is 0.270 e. The van der Waals surface area contributed by atoms with E-state index >= 15 is 0 Å². The second kappa shape index (κ2) is 8.57. The van der Waals surface area contributed by atoms with Gasteiger partial charge in [0, 0.05) is 11.4 Å². The molecule has 0 saturated heterocycles. The lowest BCUT2D eigenvalue weighted by molar-refractivity contribution is 0.834. The number of H-pyrrole nitrogens is 1. The van der Waals surface area contributed by atoms with E-state index in [9.17, 15) is 4.79 Å². The van der Waals surface area contributed by atoms with E-state index in [1.165, 1.54) is 5.56 Å². The highest BCUT2D eigenvalue weighted by atomic mass is 32.2. The summed E-state index contributed by atoms with van der Waals surface area (Å²) in [5.74, 6) is 1.45. The van der Waals surface area contributed by atoms with Crippen LogP contribution in [0.2, 0.25) is 0 Å². The molecule has 7 heteroatoms. The molecule has 0 saturated carbocycles. The van der Waals surface area contributed by atoms with Gasteiger partial charge in [0.15, 0.2) is 5.16 Å². The summed E-state index contributed by atoms with van der Waals surface area (Å²) in [5.41, 5.74) is 3.85. The van der Waals surface area contributed by atoms with E-state index in [0.29, 0.717) is 11.5 Å². The van der Waals surface area contributed by atoms with Crippen LogP contribution in [0.5, 0.6) is 0 Å². The van der Waals surface area contributed by atoms with E-state index in [0.717, 1.165) is 27.6 Å². The maximum Gasteiger partial charge on any atom is 0.270 e. The Kier molecular flexibility index (Phi) is 5.33. The van der Waals surface area contributed by atoms with Crippen LogP contribution in [0.1, 0.15) is 17.1 Å². The number of hydrogen-bond acceptors (Lipinski definition) is 5. The summed E-state index contributed by atoms with van der Waals surface area (Å²) in [6.45, 7) is 0. The van der Waals surface area contributed by atoms with Gasteiger partial charge in [0.1, 0.15) is 11.5 Å². The van der Waals surface area contributed by atoms with Crippen molar-refractivity contribution in [3.05, 3.63) is 112 Å². The number of rotatable bonds is 6. The van der Waals surface area contributed by atoms with Crippen LogP contribution < -0.4 is 5.56 Å². The summed E-state index contributed by atoms with van der Waals surface area (Å²) >= 11 is 1.62. The Morgan fingerprint density at radius 1 is 0.839 bits per heavy atom. The van der Waals surface area contributed by atoms with Gasteiger partial charge in [-0.3, -0.25) is 9.36 Å². The number of nitrogens with one attached hydrogen (secondary N) is 1. The molecule has 5 aromatic rings. The van der Waals surface area contributed by atoms with Crippen molar-refractivity contribution in [2.24, 2.45) is 0 Å². The van der Waals surface area contributed by atoms with Gasteiger partial charge in [-0.15, -0.1) is 10.2 Å². The summed E-state index contributed by atoms with van der Waals surface area (Å²) < 4.78 is 2.00. The van der Waals surface area contributed by atoms with Crippen LogP contribution >= 0.6 is 11.8 Å². The number of aromatic amines is 1. The number of nitrogens with zero attached hydrogens (tertiary/aromatic N) is 4. The Hall–Kier alpha value is -3.71. The molecule has 0 spiro atoms. The van der Waals surface area contributed by atoms with E-state index in [1.54, 1.807) is 11.8 Å². The Balaban J connectivity index is 1.52. The molecule has 0 aliphatic heterocycles. The molecule has 6 nitrogen and oxygen atoms in total. The predicted molar refractivity (Wildman–Crippen MR) is 123 cm³/mol. The second-order valence-corrected chi connectivity index (χ2v) is 7.99. The number of para-hydroxylation sites is 3. The molecule has 1 N–H and O–H groups in total. The fraction of sp³-hybridized carbons (Fsp3) is 0.0833. The standard InChI is InChI=1S/C24H19N5OS/c30-23-21(25-19-13-7-8-14-20(19)26-23)15-22-27-28-24(29(22)18-11-5-2-6-12-18)31-16-17-9-3-1-4-10-17/h1-14H,15-16H2,(H,26,30). The molecule has 31 heavy (non-hydrogen) atoms. The number of fused-ring (bicyclic) bond motifs is 1. The molecule has 0 aliphatic carbocycles. The zero-order chi connectivity index (χ0) is 21.0. The third kappa shape index (κ3) is 4.13. The van der Waals surface area contributed by atoms with Crippen molar-refractivity contribution in [1.82, 2.24) is 24.7 Å². The number of aromatic nitrogens is 5. The third-order valence-electron chi connectivity index (χ3n) is 4.92. The molecule has 2 aromatic heterocycles. The number of hydrogen-bond donors (Lipinski definition) is 1. The van der Waals surface area contributed by atoms with E-state index in [4.69, 9.17) is 0 Å². The Morgan fingerprint density at radius 2 is 1.55 bits per heavy atom. The van der Waals surface area contributed by atoms with Gasteiger partial charge < -0.3 is 4.98 Å². The molecule has 0 atom stereocenters. The lowest BCUT2D eigenvalue weighted by atomic mass is 10.2. The molecule has 152 valence electrons. The van der Waals surface area contributed by atoms with Gasteiger partial charge in [-0.2, -0.15) is 0 Å². The quantitative estimate of drug-likeness (QED) is 0.409. The molecule has 0 bridgehead atoms. The molecular formula is C24H19N5OS. The summed E-state index contributed by atoms with van der Waals surface area (Å²) in [5, 5.41) is 9.63. The first-order chi connectivity index (χ1) is 15.3. The molecule has 0 radical (unpaired) electrons. The average molecular weight is 426 g/mol. The highest BCUT2D eigenvalue weighted by molar-refractivity contribution is 7.98. The topological polar surface area (TPSA) is 76.5 Å². The van der Waals surface area contributed by atoms with Crippen molar-refractivity contribution in [3.63, 3.8) is 0 Å². The van der Waals surface area contributed by atoms with E-state index in [2.05, 4.69) is 32.3 Å². The highest BCUT2D eigenvalue weighted by Crippen LogP contribution is 2.26. The Labute approximate surface area is 183 Å². The minimum Gasteiger partial charge on any atom is -0.319 e. The normalized spacial score (nSPS) is 11.1. The first-order valence-corrected chi connectivity index (χ1v) is 10.9. The fourth-order valence-corrected chi connectivity index (χ4v) is 4.33. The maximum absolute atomic E-state index is 12.6. The molecule has 2 heterocycles.